The van der Waals surface area contributed by atoms with E-state index in [1.54, 1.807) is 19.1 Å². The number of hydrogen-bond acceptors (Lipinski definition) is 3. The van der Waals surface area contributed by atoms with E-state index in [1.807, 2.05) is 18.2 Å². The number of nitrogens with zero attached hydrogens (tertiary/aromatic N) is 1. The first kappa shape index (κ1) is 15.2. The third kappa shape index (κ3) is 4.16. The summed E-state index contributed by atoms with van der Waals surface area (Å²) in [6.45, 7) is 1.15. The van der Waals surface area contributed by atoms with Gasteiger partial charge in [0.15, 0.2) is 11.5 Å². The zero-order valence-electron chi connectivity index (χ0n) is 12.6. The van der Waals surface area contributed by atoms with Gasteiger partial charge in [0.25, 0.3) is 0 Å². The Hall–Kier alpha value is -2.15. The van der Waals surface area contributed by atoms with Crippen LogP contribution >= 0.6 is 0 Å². The van der Waals surface area contributed by atoms with Crippen molar-refractivity contribution in [2.45, 2.75) is 19.3 Å². The molecule has 4 nitrogen and oxygen atoms in total. The molecule has 1 aromatic rings. The van der Waals surface area contributed by atoms with Crippen LogP contribution in [0, 0.1) is 18.3 Å². The molecule has 0 aromatic heterocycles. The minimum atomic E-state index is 0.0621. The molecule has 1 aliphatic rings. The Balaban J connectivity index is 2.04. The van der Waals surface area contributed by atoms with Crippen LogP contribution in [0.2, 0.25) is 0 Å². The Labute approximate surface area is 126 Å². The molecule has 1 amide bonds. The van der Waals surface area contributed by atoms with E-state index in [-0.39, 0.29) is 5.91 Å². The highest BCUT2D eigenvalue weighted by molar-refractivity contribution is 5.79. The maximum atomic E-state index is 12.4. The quantitative estimate of drug-likeness (QED) is 0.721. The molecular weight excluding hydrogens is 266 g/mol. The molecule has 21 heavy (non-hydrogen) atoms. The monoisotopic (exact) mass is 287 g/mol. The summed E-state index contributed by atoms with van der Waals surface area (Å²) in [7, 11) is 3.17. The van der Waals surface area contributed by atoms with Crippen LogP contribution in [0.1, 0.15) is 18.4 Å². The van der Waals surface area contributed by atoms with E-state index in [2.05, 4.69) is 5.92 Å². The third-order valence-corrected chi connectivity index (χ3v) is 3.61. The number of terminal acetylenes is 1. The van der Waals surface area contributed by atoms with Crippen LogP contribution in [0.3, 0.4) is 0 Å². The van der Waals surface area contributed by atoms with E-state index in [0.29, 0.717) is 30.4 Å². The molecule has 0 N–H and O–H groups in total. The highest BCUT2D eigenvalue weighted by Crippen LogP contribution is 2.30. The Morgan fingerprint density at radius 1 is 1.33 bits per heavy atom. The van der Waals surface area contributed by atoms with Crippen LogP contribution in [0.15, 0.2) is 18.2 Å². The van der Waals surface area contributed by atoms with Gasteiger partial charge in [0.2, 0.25) is 5.91 Å². The van der Waals surface area contributed by atoms with Crippen LogP contribution < -0.4 is 9.47 Å². The van der Waals surface area contributed by atoms with Gasteiger partial charge in [-0.15, -0.1) is 6.42 Å². The van der Waals surface area contributed by atoms with E-state index in [1.165, 1.54) is 12.8 Å². The van der Waals surface area contributed by atoms with Gasteiger partial charge in [-0.25, -0.2) is 0 Å². The van der Waals surface area contributed by atoms with Gasteiger partial charge < -0.3 is 14.4 Å². The molecule has 1 saturated carbocycles. The first-order valence-electron chi connectivity index (χ1n) is 7.10. The molecule has 2 rings (SSSR count). The number of benzene rings is 1. The van der Waals surface area contributed by atoms with Gasteiger partial charge in [0, 0.05) is 6.54 Å². The molecule has 1 aliphatic carbocycles. The molecule has 0 saturated heterocycles. The molecule has 0 aliphatic heterocycles. The van der Waals surface area contributed by atoms with Crippen molar-refractivity contribution < 1.29 is 14.3 Å². The van der Waals surface area contributed by atoms with Crippen molar-refractivity contribution in [2.75, 3.05) is 27.3 Å². The van der Waals surface area contributed by atoms with Gasteiger partial charge in [-0.2, -0.15) is 0 Å². The predicted molar refractivity (Wildman–Crippen MR) is 81.4 cm³/mol. The molecule has 0 bridgehead atoms. The molecule has 1 fully saturated rings. The maximum Gasteiger partial charge on any atom is 0.227 e. The lowest BCUT2D eigenvalue weighted by Crippen LogP contribution is -2.34. The molecular formula is C17H21NO3. The minimum absolute atomic E-state index is 0.0621. The van der Waals surface area contributed by atoms with Gasteiger partial charge in [0.1, 0.15) is 0 Å². The van der Waals surface area contributed by atoms with Gasteiger partial charge >= 0.3 is 0 Å². The second kappa shape index (κ2) is 7.03. The summed E-state index contributed by atoms with van der Waals surface area (Å²) in [6.07, 6.45) is 8.09. The number of methoxy groups -OCH3 is 2. The van der Waals surface area contributed by atoms with E-state index in [0.717, 1.165) is 12.1 Å². The number of rotatable bonds is 7. The number of hydrogen-bond donors (Lipinski definition) is 0. The summed E-state index contributed by atoms with van der Waals surface area (Å²) in [5.74, 6) is 4.56. The maximum absolute atomic E-state index is 12.4. The van der Waals surface area contributed by atoms with Crippen molar-refractivity contribution >= 4 is 5.91 Å². The van der Waals surface area contributed by atoms with Crippen molar-refractivity contribution in [1.82, 2.24) is 4.90 Å². The van der Waals surface area contributed by atoms with Gasteiger partial charge in [-0.05, 0) is 36.5 Å². The summed E-state index contributed by atoms with van der Waals surface area (Å²) in [5.41, 5.74) is 0.899. The zero-order chi connectivity index (χ0) is 15.2. The second-order valence-electron chi connectivity index (χ2n) is 5.29. The molecule has 112 valence electrons. The van der Waals surface area contributed by atoms with E-state index in [4.69, 9.17) is 15.9 Å². The molecule has 0 spiro atoms. The first-order chi connectivity index (χ1) is 10.2. The Morgan fingerprint density at radius 3 is 2.62 bits per heavy atom. The van der Waals surface area contributed by atoms with E-state index in [9.17, 15) is 4.79 Å². The van der Waals surface area contributed by atoms with E-state index < -0.39 is 0 Å². The van der Waals surface area contributed by atoms with Crippen molar-refractivity contribution in [2.24, 2.45) is 5.92 Å². The SMILES string of the molecule is C#CCN(CC1CC1)C(=O)Cc1ccc(OC)c(OC)c1. The lowest BCUT2D eigenvalue weighted by Gasteiger charge is -2.20. The van der Waals surface area contributed by atoms with Crippen LogP contribution in [-0.2, 0) is 11.2 Å². The van der Waals surface area contributed by atoms with Crippen molar-refractivity contribution in [3.05, 3.63) is 23.8 Å². The van der Waals surface area contributed by atoms with Crippen LogP contribution in [0.5, 0.6) is 11.5 Å². The summed E-state index contributed by atoms with van der Waals surface area (Å²) >= 11 is 0. The van der Waals surface area contributed by atoms with Crippen LogP contribution in [0.4, 0.5) is 0 Å². The molecule has 1 aromatic carbocycles. The number of ether oxygens (including phenoxy) is 2. The fourth-order valence-corrected chi connectivity index (χ4v) is 2.25. The number of carbonyl (C=O) groups is 1. The standard InChI is InChI=1S/C17H21NO3/c1-4-9-18(12-13-5-6-13)17(19)11-14-7-8-15(20-2)16(10-14)21-3/h1,7-8,10,13H,5-6,9,11-12H2,2-3H3. The fraction of sp³-hybridized carbons (Fsp3) is 0.471. The molecule has 0 atom stereocenters. The van der Waals surface area contributed by atoms with Crippen LogP contribution in [-0.4, -0.2) is 38.1 Å². The van der Waals surface area contributed by atoms with Crippen molar-refractivity contribution in [1.29, 1.82) is 0 Å². The van der Waals surface area contributed by atoms with Gasteiger partial charge in [-0.1, -0.05) is 12.0 Å². The first-order valence-corrected chi connectivity index (χ1v) is 7.10. The lowest BCUT2D eigenvalue weighted by molar-refractivity contribution is -0.130. The Bertz CT molecular complexity index is 543. The highest BCUT2D eigenvalue weighted by atomic mass is 16.5. The summed E-state index contributed by atoms with van der Waals surface area (Å²) in [4.78, 5) is 14.2. The van der Waals surface area contributed by atoms with Crippen molar-refractivity contribution in [3.63, 3.8) is 0 Å². The zero-order valence-corrected chi connectivity index (χ0v) is 12.6. The summed E-state index contributed by atoms with van der Waals surface area (Å²) < 4.78 is 10.5. The average Bonchev–Trinajstić information content (AvgIpc) is 3.30. The average molecular weight is 287 g/mol. The Kier molecular flexibility index (Phi) is 5.10. The summed E-state index contributed by atoms with van der Waals surface area (Å²) in [6, 6.07) is 5.53. The molecule has 4 heteroatoms. The van der Waals surface area contributed by atoms with Crippen molar-refractivity contribution in [3.8, 4) is 23.8 Å². The highest BCUT2D eigenvalue weighted by Gasteiger charge is 2.26. The Morgan fingerprint density at radius 2 is 2.05 bits per heavy atom. The summed E-state index contributed by atoms with van der Waals surface area (Å²) in [5, 5.41) is 0. The molecule has 0 heterocycles. The minimum Gasteiger partial charge on any atom is -0.493 e. The third-order valence-electron chi connectivity index (χ3n) is 3.61. The van der Waals surface area contributed by atoms with Gasteiger partial charge in [-0.3, -0.25) is 4.79 Å². The normalized spacial score (nSPS) is 13.4. The van der Waals surface area contributed by atoms with Gasteiger partial charge in [0.05, 0.1) is 27.2 Å². The molecule has 0 radical (unpaired) electrons. The molecule has 0 unspecified atom stereocenters. The number of carbonyl (C=O) groups excluding carboxylic acids is 1. The predicted octanol–water partition coefficient (Wildman–Crippen LogP) is 2.12. The smallest absolute Gasteiger partial charge is 0.227 e. The number of amides is 1. The van der Waals surface area contributed by atoms with E-state index >= 15 is 0 Å². The van der Waals surface area contributed by atoms with Crippen LogP contribution in [0.25, 0.3) is 0 Å². The lowest BCUT2D eigenvalue weighted by atomic mass is 10.1. The second-order valence-corrected chi connectivity index (χ2v) is 5.29. The largest absolute Gasteiger partial charge is 0.493 e. The fourth-order valence-electron chi connectivity index (χ4n) is 2.25. The topological polar surface area (TPSA) is 38.8 Å².